The number of carbonyl (C=O) groups excluding carboxylic acids is 1. The number of benzene rings is 2. The number of amides is 1. The number of halogens is 1. The van der Waals surface area contributed by atoms with Crippen LogP contribution < -0.4 is 14.4 Å². The molecule has 26 heavy (non-hydrogen) atoms. The quantitative estimate of drug-likeness (QED) is 0.801. The number of carbonyl (C=O) groups is 1. The highest BCUT2D eigenvalue weighted by Crippen LogP contribution is 2.30. The minimum absolute atomic E-state index is 0.0160. The smallest absolute Gasteiger partial charge is 0.245 e. The van der Waals surface area contributed by atoms with Crippen LogP contribution in [0.15, 0.2) is 48.5 Å². The summed E-state index contributed by atoms with van der Waals surface area (Å²) in [6.07, 6.45) is 0.819. The second kappa shape index (κ2) is 8.18. The monoisotopic (exact) mass is 380 g/mol. The van der Waals surface area contributed by atoms with E-state index in [-0.39, 0.29) is 17.5 Å². The molecule has 0 aliphatic heterocycles. The first kappa shape index (κ1) is 19.7. The Kier molecular flexibility index (Phi) is 6.20. The average molecular weight is 380 g/mol. The van der Waals surface area contributed by atoms with E-state index in [1.807, 2.05) is 13.8 Å². The van der Waals surface area contributed by atoms with Crippen LogP contribution in [-0.4, -0.2) is 33.2 Å². The van der Waals surface area contributed by atoms with Crippen molar-refractivity contribution in [3.05, 3.63) is 54.3 Å². The van der Waals surface area contributed by atoms with Gasteiger partial charge in [-0.15, -0.1) is 0 Å². The fourth-order valence-corrected chi connectivity index (χ4v) is 3.14. The lowest BCUT2D eigenvalue weighted by atomic mass is 10.2. The highest BCUT2D eigenvalue weighted by molar-refractivity contribution is 7.92. The molecule has 1 amide bonds. The van der Waals surface area contributed by atoms with Crippen molar-refractivity contribution in [3.63, 3.8) is 0 Å². The number of para-hydroxylation sites is 3. The van der Waals surface area contributed by atoms with Crippen molar-refractivity contribution in [1.29, 1.82) is 0 Å². The minimum atomic E-state index is -3.77. The predicted molar refractivity (Wildman–Crippen MR) is 99.4 cm³/mol. The zero-order valence-electron chi connectivity index (χ0n) is 14.8. The molecular formula is C18H21FN2O4S. The highest BCUT2D eigenvalue weighted by atomic mass is 32.2. The first-order chi connectivity index (χ1) is 12.2. The SMILES string of the molecule is CC(C)Oc1ccccc1N(CC(=O)Nc1ccccc1F)S(C)(=O)=O. The summed E-state index contributed by atoms with van der Waals surface area (Å²) in [6, 6.07) is 12.2. The third-order valence-electron chi connectivity index (χ3n) is 3.33. The summed E-state index contributed by atoms with van der Waals surface area (Å²) in [5.74, 6) is -0.929. The Balaban J connectivity index is 2.30. The lowest BCUT2D eigenvalue weighted by Gasteiger charge is -2.25. The molecule has 0 saturated heterocycles. The lowest BCUT2D eigenvalue weighted by molar-refractivity contribution is -0.114. The molecular weight excluding hydrogens is 359 g/mol. The third-order valence-corrected chi connectivity index (χ3v) is 4.46. The van der Waals surface area contributed by atoms with Crippen molar-refractivity contribution in [3.8, 4) is 5.75 Å². The van der Waals surface area contributed by atoms with Crippen LogP contribution in [0.2, 0.25) is 0 Å². The highest BCUT2D eigenvalue weighted by Gasteiger charge is 2.24. The van der Waals surface area contributed by atoms with Crippen molar-refractivity contribution < 1.29 is 22.3 Å². The molecule has 0 bridgehead atoms. The van der Waals surface area contributed by atoms with Crippen molar-refractivity contribution in [2.75, 3.05) is 22.4 Å². The number of hydrogen-bond donors (Lipinski definition) is 1. The summed E-state index contributed by atoms with van der Waals surface area (Å²) < 4.78 is 44.7. The first-order valence-corrected chi connectivity index (χ1v) is 9.81. The number of nitrogens with zero attached hydrogens (tertiary/aromatic N) is 1. The van der Waals surface area contributed by atoms with Gasteiger partial charge in [-0.3, -0.25) is 9.10 Å². The lowest BCUT2D eigenvalue weighted by Crippen LogP contribution is -2.38. The molecule has 0 aliphatic rings. The molecule has 0 saturated carbocycles. The van der Waals surface area contributed by atoms with Gasteiger partial charge in [0.05, 0.1) is 23.7 Å². The van der Waals surface area contributed by atoms with E-state index in [2.05, 4.69) is 5.32 Å². The normalized spacial score (nSPS) is 11.3. The molecule has 8 heteroatoms. The Morgan fingerprint density at radius 3 is 2.38 bits per heavy atom. The van der Waals surface area contributed by atoms with Crippen LogP contribution in [0.4, 0.5) is 15.8 Å². The van der Waals surface area contributed by atoms with E-state index in [9.17, 15) is 17.6 Å². The van der Waals surface area contributed by atoms with Gasteiger partial charge in [0.25, 0.3) is 0 Å². The van der Waals surface area contributed by atoms with Gasteiger partial charge in [0.1, 0.15) is 18.1 Å². The second-order valence-corrected chi connectivity index (χ2v) is 7.84. The molecule has 0 spiro atoms. The van der Waals surface area contributed by atoms with Gasteiger partial charge in [0.2, 0.25) is 15.9 Å². The van der Waals surface area contributed by atoms with Gasteiger partial charge in [0.15, 0.2) is 0 Å². The molecule has 2 aromatic rings. The number of rotatable bonds is 7. The topological polar surface area (TPSA) is 75.7 Å². The van der Waals surface area contributed by atoms with Crippen molar-refractivity contribution in [1.82, 2.24) is 0 Å². The van der Waals surface area contributed by atoms with E-state index in [1.165, 1.54) is 18.2 Å². The average Bonchev–Trinajstić information content (AvgIpc) is 2.54. The molecule has 0 radical (unpaired) electrons. The van der Waals surface area contributed by atoms with Crippen LogP contribution in [-0.2, 0) is 14.8 Å². The first-order valence-electron chi connectivity index (χ1n) is 7.96. The summed E-state index contributed by atoms with van der Waals surface area (Å²) in [6.45, 7) is 3.12. The van der Waals surface area contributed by atoms with Crippen LogP contribution >= 0.6 is 0 Å². The third kappa shape index (κ3) is 5.19. The van der Waals surface area contributed by atoms with Gasteiger partial charge in [-0.2, -0.15) is 0 Å². The molecule has 0 aromatic heterocycles. The van der Waals surface area contributed by atoms with E-state index in [0.29, 0.717) is 5.75 Å². The molecule has 140 valence electrons. The van der Waals surface area contributed by atoms with Crippen molar-refractivity contribution >= 4 is 27.3 Å². The molecule has 0 fully saturated rings. The van der Waals surface area contributed by atoms with Gasteiger partial charge in [-0.1, -0.05) is 24.3 Å². The van der Waals surface area contributed by atoms with Crippen LogP contribution in [0.5, 0.6) is 5.75 Å². The molecule has 0 unspecified atom stereocenters. The summed E-state index contributed by atoms with van der Waals surface area (Å²) in [5.41, 5.74) is 0.227. The van der Waals surface area contributed by atoms with Crippen molar-refractivity contribution in [2.45, 2.75) is 20.0 Å². The van der Waals surface area contributed by atoms with Gasteiger partial charge in [-0.05, 0) is 38.1 Å². The molecule has 0 aliphatic carbocycles. The molecule has 2 aromatic carbocycles. The van der Waals surface area contributed by atoms with E-state index in [4.69, 9.17) is 4.74 Å². The maximum absolute atomic E-state index is 13.7. The molecule has 1 N–H and O–H groups in total. The van der Waals surface area contributed by atoms with Crippen molar-refractivity contribution in [2.24, 2.45) is 0 Å². The van der Waals surface area contributed by atoms with Crippen LogP contribution in [0, 0.1) is 5.82 Å². The summed E-state index contributed by atoms with van der Waals surface area (Å²) in [7, 11) is -3.77. The maximum atomic E-state index is 13.7. The standard InChI is InChI=1S/C18H21FN2O4S/c1-13(2)25-17-11-7-6-10-16(17)21(26(3,23)24)12-18(22)20-15-9-5-4-8-14(15)19/h4-11,13H,12H2,1-3H3,(H,20,22). The van der Waals surface area contributed by atoms with E-state index < -0.39 is 28.3 Å². The Labute approximate surface area is 152 Å². The summed E-state index contributed by atoms with van der Waals surface area (Å²) in [5, 5.41) is 2.38. The van der Waals surface area contributed by atoms with Gasteiger partial charge in [0, 0.05) is 0 Å². The Hall–Kier alpha value is -2.61. The molecule has 0 heterocycles. The van der Waals surface area contributed by atoms with E-state index in [1.54, 1.807) is 30.3 Å². The molecule has 2 rings (SSSR count). The van der Waals surface area contributed by atoms with Crippen LogP contribution in [0.1, 0.15) is 13.8 Å². The summed E-state index contributed by atoms with van der Waals surface area (Å²) >= 11 is 0. The van der Waals surface area contributed by atoms with Crippen LogP contribution in [0.3, 0.4) is 0 Å². The Bertz CT molecular complexity index is 884. The van der Waals surface area contributed by atoms with E-state index >= 15 is 0 Å². The van der Waals surface area contributed by atoms with Gasteiger partial charge < -0.3 is 10.1 Å². The zero-order valence-corrected chi connectivity index (χ0v) is 15.6. The number of sulfonamides is 1. The zero-order chi connectivity index (χ0) is 19.3. The fraction of sp³-hybridized carbons (Fsp3) is 0.278. The maximum Gasteiger partial charge on any atom is 0.245 e. The molecule has 6 nitrogen and oxygen atoms in total. The Morgan fingerprint density at radius 2 is 1.77 bits per heavy atom. The number of anilines is 2. The Morgan fingerprint density at radius 1 is 1.15 bits per heavy atom. The molecule has 0 atom stereocenters. The second-order valence-electron chi connectivity index (χ2n) is 5.93. The van der Waals surface area contributed by atoms with E-state index in [0.717, 1.165) is 10.6 Å². The van der Waals surface area contributed by atoms with Gasteiger partial charge >= 0.3 is 0 Å². The number of ether oxygens (including phenoxy) is 1. The number of nitrogens with one attached hydrogen (secondary N) is 1. The largest absolute Gasteiger partial charge is 0.489 e. The number of hydrogen-bond acceptors (Lipinski definition) is 4. The fourth-order valence-electron chi connectivity index (χ4n) is 2.28. The predicted octanol–water partition coefficient (Wildman–Crippen LogP) is 3.02. The minimum Gasteiger partial charge on any atom is -0.489 e. The van der Waals surface area contributed by atoms with Gasteiger partial charge in [-0.25, -0.2) is 12.8 Å². The van der Waals surface area contributed by atoms with Crippen LogP contribution in [0.25, 0.3) is 0 Å². The summed E-state index contributed by atoms with van der Waals surface area (Å²) in [4.78, 5) is 12.3.